The number of hydrogen-bond donors (Lipinski definition) is 0. The predicted molar refractivity (Wildman–Crippen MR) is 83.0 cm³/mol. The molecule has 0 spiro atoms. The summed E-state index contributed by atoms with van der Waals surface area (Å²) in [5, 5.41) is 1.36. The van der Waals surface area contributed by atoms with E-state index >= 15 is 0 Å². The molecule has 0 unspecified atom stereocenters. The van der Waals surface area contributed by atoms with Gasteiger partial charge in [-0.05, 0) is 36.8 Å². The van der Waals surface area contributed by atoms with Crippen LogP contribution in [0.15, 0.2) is 40.9 Å². The van der Waals surface area contributed by atoms with Gasteiger partial charge in [-0.2, -0.15) is 0 Å². The topological polar surface area (TPSA) is 9.23 Å². The molecule has 2 aromatic rings. The molecular formula is C14H11Br2ClO. The Kier molecular flexibility index (Phi) is 4.71. The lowest BCUT2D eigenvalue weighted by Gasteiger charge is -2.11. The minimum atomic E-state index is 0.621. The van der Waals surface area contributed by atoms with Crippen molar-refractivity contribution in [1.82, 2.24) is 0 Å². The minimum absolute atomic E-state index is 0.621. The van der Waals surface area contributed by atoms with Crippen LogP contribution < -0.4 is 4.74 Å². The van der Waals surface area contributed by atoms with Crippen molar-refractivity contribution in [1.29, 1.82) is 0 Å². The molecule has 0 bridgehead atoms. The highest BCUT2D eigenvalue weighted by Gasteiger charge is 2.08. The first kappa shape index (κ1) is 13.9. The Hall–Kier alpha value is -0.510. The molecule has 4 heteroatoms. The highest BCUT2D eigenvalue weighted by molar-refractivity contribution is 9.10. The van der Waals surface area contributed by atoms with Crippen LogP contribution in [0.2, 0.25) is 5.02 Å². The molecule has 0 aromatic heterocycles. The van der Waals surface area contributed by atoms with Crippen molar-refractivity contribution in [3.8, 4) is 11.5 Å². The lowest BCUT2D eigenvalue weighted by Crippen LogP contribution is -1.90. The third-order valence-corrected chi connectivity index (χ3v) is 3.87. The molecular weight excluding hydrogens is 379 g/mol. The number of halogens is 3. The zero-order valence-electron chi connectivity index (χ0n) is 9.71. The van der Waals surface area contributed by atoms with Crippen LogP contribution in [0.4, 0.5) is 0 Å². The van der Waals surface area contributed by atoms with Gasteiger partial charge in [-0.25, -0.2) is 0 Å². The van der Waals surface area contributed by atoms with Crippen molar-refractivity contribution in [2.24, 2.45) is 0 Å². The number of ether oxygens (including phenoxy) is 1. The van der Waals surface area contributed by atoms with E-state index in [1.165, 1.54) is 0 Å². The van der Waals surface area contributed by atoms with Gasteiger partial charge in [0.15, 0.2) is 0 Å². The van der Waals surface area contributed by atoms with Gasteiger partial charge in [-0.3, -0.25) is 0 Å². The van der Waals surface area contributed by atoms with E-state index in [1.807, 2.05) is 43.3 Å². The summed E-state index contributed by atoms with van der Waals surface area (Å²) in [6.45, 7) is 2.00. The van der Waals surface area contributed by atoms with Crippen molar-refractivity contribution in [2.75, 3.05) is 0 Å². The molecule has 2 rings (SSSR count). The summed E-state index contributed by atoms with van der Waals surface area (Å²) in [6, 6.07) is 11.7. The number of benzene rings is 2. The second-order valence-corrected chi connectivity index (χ2v) is 5.81. The van der Waals surface area contributed by atoms with E-state index in [1.54, 1.807) is 0 Å². The van der Waals surface area contributed by atoms with Gasteiger partial charge in [0.25, 0.3) is 0 Å². The van der Waals surface area contributed by atoms with Gasteiger partial charge in [-0.1, -0.05) is 55.6 Å². The minimum Gasteiger partial charge on any atom is -0.455 e. The first-order valence-electron chi connectivity index (χ1n) is 5.38. The van der Waals surface area contributed by atoms with Crippen molar-refractivity contribution < 1.29 is 4.74 Å². The van der Waals surface area contributed by atoms with E-state index in [0.29, 0.717) is 10.8 Å². The van der Waals surface area contributed by atoms with Gasteiger partial charge in [-0.15, -0.1) is 0 Å². The molecule has 0 fully saturated rings. The van der Waals surface area contributed by atoms with Gasteiger partial charge in [0.1, 0.15) is 11.5 Å². The highest BCUT2D eigenvalue weighted by atomic mass is 79.9. The second-order valence-electron chi connectivity index (χ2n) is 3.92. The van der Waals surface area contributed by atoms with Crippen molar-refractivity contribution in [3.63, 3.8) is 0 Å². The van der Waals surface area contributed by atoms with E-state index in [9.17, 15) is 0 Å². The van der Waals surface area contributed by atoms with E-state index in [2.05, 4.69) is 31.9 Å². The highest BCUT2D eigenvalue weighted by Crippen LogP contribution is 2.34. The molecule has 0 aliphatic rings. The van der Waals surface area contributed by atoms with E-state index in [0.717, 1.165) is 26.7 Å². The molecule has 0 radical (unpaired) electrons. The summed E-state index contributed by atoms with van der Waals surface area (Å²) in [4.78, 5) is 0. The van der Waals surface area contributed by atoms with Crippen LogP contribution in [0.3, 0.4) is 0 Å². The Bertz CT molecular complexity index is 570. The second kappa shape index (κ2) is 6.09. The monoisotopic (exact) mass is 388 g/mol. The summed E-state index contributed by atoms with van der Waals surface area (Å²) < 4.78 is 6.85. The van der Waals surface area contributed by atoms with E-state index in [-0.39, 0.29) is 0 Å². The fourth-order valence-electron chi connectivity index (χ4n) is 1.54. The van der Waals surface area contributed by atoms with Gasteiger partial charge >= 0.3 is 0 Å². The summed E-state index contributed by atoms with van der Waals surface area (Å²) in [6.07, 6.45) is 0. The molecule has 0 aliphatic carbocycles. The van der Waals surface area contributed by atoms with Crippen molar-refractivity contribution in [3.05, 3.63) is 57.0 Å². The van der Waals surface area contributed by atoms with Crippen LogP contribution in [-0.4, -0.2) is 0 Å². The fourth-order valence-corrected chi connectivity index (χ4v) is 2.62. The summed E-state index contributed by atoms with van der Waals surface area (Å²) in [5.74, 6) is 1.47. The molecule has 0 saturated carbocycles. The quantitative estimate of drug-likeness (QED) is 0.576. The zero-order chi connectivity index (χ0) is 13.1. The third kappa shape index (κ3) is 3.28. The average molecular weight is 391 g/mol. The number of hydrogen-bond acceptors (Lipinski definition) is 1. The van der Waals surface area contributed by atoms with Crippen LogP contribution in [0.1, 0.15) is 11.1 Å². The molecule has 0 heterocycles. The van der Waals surface area contributed by atoms with Crippen molar-refractivity contribution in [2.45, 2.75) is 12.3 Å². The largest absolute Gasteiger partial charge is 0.455 e. The number of aryl methyl sites for hydroxylation is 1. The maximum absolute atomic E-state index is 6.17. The van der Waals surface area contributed by atoms with Crippen LogP contribution in [-0.2, 0) is 5.33 Å². The smallest absolute Gasteiger partial charge is 0.146 e. The molecule has 1 nitrogen and oxygen atoms in total. The number of alkyl halides is 1. The first-order chi connectivity index (χ1) is 8.60. The van der Waals surface area contributed by atoms with Crippen LogP contribution in [0.25, 0.3) is 0 Å². The van der Waals surface area contributed by atoms with Gasteiger partial charge in [0, 0.05) is 15.4 Å². The Balaban J connectivity index is 2.36. The number of rotatable bonds is 3. The van der Waals surface area contributed by atoms with E-state index in [4.69, 9.17) is 16.3 Å². The van der Waals surface area contributed by atoms with Crippen LogP contribution in [0, 0.1) is 6.92 Å². The Labute approximate surface area is 128 Å². The lowest BCUT2D eigenvalue weighted by atomic mass is 10.2. The van der Waals surface area contributed by atoms with Crippen molar-refractivity contribution >= 4 is 43.5 Å². The molecule has 18 heavy (non-hydrogen) atoms. The summed E-state index contributed by atoms with van der Waals surface area (Å²) >= 11 is 13.1. The van der Waals surface area contributed by atoms with E-state index < -0.39 is 0 Å². The molecule has 94 valence electrons. The predicted octanol–water partition coefficient (Wildman–Crippen LogP) is 6.10. The Morgan fingerprint density at radius 3 is 2.56 bits per heavy atom. The molecule has 0 saturated heterocycles. The lowest BCUT2D eigenvalue weighted by molar-refractivity contribution is 0.478. The van der Waals surface area contributed by atoms with Crippen LogP contribution >= 0.6 is 43.5 Å². The Morgan fingerprint density at radius 1 is 1.11 bits per heavy atom. The first-order valence-corrected chi connectivity index (χ1v) is 7.68. The molecule has 2 aromatic carbocycles. The maximum Gasteiger partial charge on any atom is 0.146 e. The SMILES string of the molecule is Cc1ccc(Oc2cc(Br)ccc2CBr)c(Cl)c1. The average Bonchev–Trinajstić information content (AvgIpc) is 2.33. The standard InChI is InChI=1S/C14H11Br2ClO/c1-9-2-5-13(12(17)6-9)18-14-7-11(16)4-3-10(14)8-15/h2-7H,8H2,1H3. The molecule has 0 aliphatic heterocycles. The molecule has 0 N–H and O–H groups in total. The molecule has 0 atom stereocenters. The molecule has 0 amide bonds. The normalized spacial score (nSPS) is 10.4. The maximum atomic E-state index is 6.17. The third-order valence-electron chi connectivity index (χ3n) is 2.48. The summed E-state index contributed by atoms with van der Waals surface area (Å²) in [5.41, 5.74) is 2.19. The summed E-state index contributed by atoms with van der Waals surface area (Å²) in [7, 11) is 0. The fraction of sp³-hybridized carbons (Fsp3) is 0.143. The van der Waals surface area contributed by atoms with Crippen LogP contribution in [0.5, 0.6) is 11.5 Å². The zero-order valence-corrected chi connectivity index (χ0v) is 13.6. The van der Waals surface area contributed by atoms with Gasteiger partial charge < -0.3 is 4.74 Å². The van der Waals surface area contributed by atoms with Gasteiger partial charge in [0.05, 0.1) is 5.02 Å². The Morgan fingerprint density at radius 2 is 1.89 bits per heavy atom. The van der Waals surface area contributed by atoms with Gasteiger partial charge in [0.2, 0.25) is 0 Å².